The van der Waals surface area contributed by atoms with Gasteiger partial charge in [-0.05, 0) is 11.6 Å². The Morgan fingerprint density at radius 2 is 1.85 bits per heavy atom. The lowest BCUT2D eigenvalue weighted by molar-refractivity contribution is -0.140. The van der Waals surface area contributed by atoms with E-state index in [1.54, 1.807) is 0 Å². The average molecular weight is 193 g/mol. The van der Waals surface area contributed by atoms with Gasteiger partial charge in [0.15, 0.2) is 0 Å². The molecule has 1 aromatic carbocycles. The number of halogens is 4. The van der Waals surface area contributed by atoms with Crippen molar-refractivity contribution >= 4 is 0 Å². The highest BCUT2D eigenvalue weighted by molar-refractivity contribution is 5.30. The van der Waals surface area contributed by atoms with Crippen LogP contribution in [0.4, 0.5) is 17.6 Å². The van der Waals surface area contributed by atoms with Gasteiger partial charge in [0.1, 0.15) is 5.82 Å². The van der Waals surface area contributed by atoms with Crippen LogP contribution in [0.1, 0.15) is 11.1 Å². The van der Waals surface area contributed by atoms with E-state index in [9.17, 15) is 17.6 Å². The molecular weight excluding hydrogens is 186 g/mol. The summed E-state index contributed by atoms with van der Waals surface area (Å²) in [6.45, 7) is -0.327. The normalized spacial score (nSPS) is 11.8. The van der Waals surface area contributed by atoms with E-state index in [-0.39, 0.29) is 12.1 Å². The van der Waals surface area contributed by atoms with Gasteiger partial charge in [-0.25, -0.2) is 4.39 Å². The van der Waals surface area contributed by atoms with E-state index in [4.69, 9.17) is 5.73 Å². The Morgan fingerprint density at radius 1 is 1.23 bits per heavy atom. The van der Waals surface area contributed by atoms with Gasteiger partial charge in [0.25, 0.3) is 0 Å². The second kappa shape index (κ2) is 3.33. The molecule has 0 fully saturated rings. The summed E-state index contributed by atoms with van der Waals surface area (Å²) in [6, 6.07) is 3.13. The maximum absolute atomic E-state index is 12.8. The summed E-state index contributed by atoms with van der Waals surface area (Å²) in [5.41, 5.74) is 3.55. The first kappa shape index (κ1) is 9.98. The van der Waals surface area contributed by atoms with Crippen molar-refractivity contribution in [1.29, 1.82) is 0 Å². The molecule has 0 spiro atoms. The van der Waals surface area contributed by atoms with Gasteiger partial charge >= 0.3 is 6.18 Å². The van der Waals surface area contributed by atoms with Gasteiger partial charge in [0.2, 0.25) is 0 Å². The summed E-state index contributed by atoms with van der Waals surface area (Å²) in [7, 11) is 0. The highest BCUT2D eigenvalue weighted by Crippen LogP contribution is 2.33. The highest BCUT2D eigenvalue weighted by Gasteiger charge is 2.36. The van der Waals surface area contributed by atoms with Crippen molar-refractivity contribution in [1.82, 2.24) is 0 Å². The lowest BCUT2D eigenvalue weighted by Crippen LogP contribution is -2.14. The fourth-order valence-electron chi connectivity index (χ4n) is 1.06. The second-order valence-corrected chi connectivity index (χ2v) is 2.48. The highest BCUT2D eigenvalue weighted by atomic mass is 19.4. The molecule has 0 atom stereocenters. The van der Waals surface area contributed by atoms with Crippen molar-refractivity contribution in [2.75, 3.05) is 0 Å². The van der Waals surface area contributed by atoms with E-state index < -0.39 is 17.6 Å². The predicted molar refractivity (Wildman–Crippen MR) is 39.3 cm³/mol. The fourth-order valence-corrected chi connectivity index (χ4v) is 1.06. The summed E-state index contributed by atoms with van der Waals surface area (Å²) in [5.74, 6) is -1.28. The summed E-state index contributed by atoms with van der Waals surface area (Å²) >= 11 is 0. The summed E-state index contributed by atoms with van der Waals surface area (Å²) < 4.78 is 49.4. The van der Waals surface area contributed by atoms with Gasteiger partial charge in [0, 0.05) is 6.54 Å². The lowest BCUT2D eigenvalue weighted by Gasteiger charge is -2.11. The molecule has 0 aliphatic rings. The molecule has 5 heteroatoms. The Hall–Kier alpha value is -1.10. The molecule has 1 aromatic rings. The Labute approximate surface area is 72.2 Å². The predicted octanol–water partition coefficient (Wildman–Crippen LogP) is 2.30. The van der Waals surface area contributed by atoms with Gasteiger partial charge in [-0.1, -0.05) is 12.1 Å². The van der Waals surface area contributed by atoms with E-state index in [1.165, 1.54) is 6.07 Å². The molecule has 0 bridgehead atoms. The second-order valence-electron chi connectivity index (χ2n) is 2.48. The van der Waals surface area contributed by atoms with Gasteiger partial charge in [0.05, 0.1) is 5.56 Å². The first-order valence-electron chi connectivity index (χ1n) is 3.51. The zero-order chi connectivity index (χ0) is 10.1. The average Bonchev–Trinajstić information content (AvgIpc) is 2.01. The summed E-state index contributed by atoms with van der Waals surface area (Å²) in [6.07, 6.45) is -4.68. The number of hydrogen-bond donors (Lipinski definition) is 1. The van der Waals surface area contributed by atoms with Crippen LogP contribution in [0.5, 0.6) is 0 Å². The smallest absolute Gasteiger partial charge is 0.326 e. The number of rotatable bonds is 1. The molecule has 0 aliphatic heterocycles. The van der Waals surface area contributed by atoms with E-state index in [0.717, 1.165) is 12.1 Å². The quantitative estimate of drug-likeness (QED) is 0.680. The molecule has 0 unspecified atom stereocenters. The van der Waals surface area contributed by atoms with Crippen molar-refractivity contribution in [2.24, 2.45) is 5.73 Å². The summed E-state index contributed by atoms with van der Waals surface area (Å²) in [4.78, 5) is 0. The molecule has 13 heavy (non-hydrogen) atoms. The van der Waals surface area contributed by atoms with Crippen LogP contribution in [-0.4, -0.2) is 0 Å². The molecular formula is C8H7F4N. The maximum atomic E-state index is 12.8. The van der Waals surface area contributed by atoms with Gasteiger partial charge in [-0.15, -0.1) is 0 Å². The Kier molecular flexibility index (Phi) is 2.56. The Balaban J connectivity index is 3.32. The van der Waals surface area contributed by atoms with Gasteiger partial charge in [-0.3, -0.25) is 0 Å². The zero-order valence-electron chi connectivity index (χ0n) is 6.53. The third-order valence-corrected chi connectivity index (χ3v) is 1.60. The van der Waals surface area contributed by atoms with Crippen LogP contribution in [0.25, 0.3) is 0 Å². The fraction of sp³-hybridized carbons (Fsp3) is 0.250. The van der Waals surface area contributed by atoms with Crippen LogP contribution in [0.15, 0.2) is 18.2 Å². The van der Waals surface area contributed by atoms with Crippen molar-refractivity contribution in [3.05, 3.63) is 35.1 Å². The third-order valence-electron chi connectivity index (χ3n) is 1.60. The SMILES string of the molecule is NCc1cccc(F)c1C(F)(F)F. The summed E-state index contributed by atoms with van der Waals surface area (Å²) in [5, 5.41) is 0. The molecule has 0 saturated heterocycles. The first-order valence-corrected chi connectivity index (χ1v) is 3.51. The molecule has 0 aliphatic carbocycles. The minimum Gasteiger partial charge on any atom is -0.326 e. The molecule has 72 valence electrons. The zero-order valence-corrected chi connectivity index (χ0v) is 6.53. The van der Waals surface area contributed by atoms with E-state index in [0.29, 0.717) is 0 Å². The number of alkyl halides is 3. The number of benzene rings is 1. The van der Waals surface area contributed by atoms with E-state index >= 15 is 0 Å². The van der Waals surface area contributed by atoms with Crippen LogP contribution in [0, 0.1) is 5.82 Å². The van der Waals surface area contributed by atoms with Crippen molar-refractivity contribution in [3.8, 4) is 0 Å². The monoisotopic (exact) mass is 193 g/mol. The molecule has 1 rings (SSSR count). The van der Waals surface area contributed by atoms with E-state index in [1.807, 2.05) is 0 Å². The van der Waals surface area contributed by atoms with Crippen molar-refractivity contribution in [3.63, 3.8) is 0 Å². The van der Waals surface area contributed by atoms with Crippen molar-refractivity contribution in [2.45, 2.75) is 12.7 Å². The molecule has 0 aromatic heterocycles. The molecule has 0 amide bonds. The van der Waals surface area contributed by atoms with Gasteiger partial charge < -0.3 is 5.73 Å². The minimum absolute atomic E-state index is 0.229. The third kappa shape index (κ3) is 1.98. The molecule has 2 N–H and O–H groups in total. The lowest BCUT2D eigenvalue weighted by atomic mass is 10.1. The van der Waals surface area contributed by atoms with Crippen LogP contribution < -0.4 is 5.73 Å². The van der Waals surface area contributed by atoms with Gasteiger partial charge in [-0.2, -0.15) is 13.2 Å². The van der Waals surface area contributed by atoms with Crippen LogP contribution in [-0.2, 0) is 12.7 Å². The molecule has 1 nitrogen and oxygen atoms in total. The van der Waals surface area contributed by atoms with Crippen LogP contribution >= 0.6 is 0 Å². The minimum atomic E-state index is -4.68. The first-order chi connectivity index (χ1) is 5.96. The largest absolute Gasteiger partial charge is 0.419 e. The molecule has 0 heterocycles. The number of nitrogens with two attached hydrogens (primary N) is 1. The molecule has 0 saturated carbocycles. The van der Waals surface area contributed by atoms with E-state index in [2.05, 4.69) is 0 Å². The Morgan fingerprint density at radius 3 is 2.23 bits per heavy atom. The van der Waals surface area contributed by atoms with Crippen LogP contribution in [0.3, 0.4) is 0 Å². The Bertz CT molecular complexity index is 306. The van der Waals surface area contributed by atoms with Crippen molar-refractivity contribution < 1.29 is 17.6 Å². The number of hydrogen-bond acceptors (Lipinski definition) is 1. The van der Waals surface area contributed by atoms with Crippen LogP contribution in [0.2, 0.25) is 0 Å². The maximum Gasteiger partial charge on any atom is 0.419 e. The standard InChI is InChI=1S/C8H7F4N/c9-6-3-1-2-5(4-13)7(6)8(10,11)12/h1-3H,4,13H2. The molecule has 0 radical (unpaired) electrons. The topological polar surface area (TPSA) is 26.0 Å².